The van der Waals surface area contributed by atoms with Crippen molar-refractivity contribution >= 4 is 21.6 Å². The fourth-order valence-electron chi connectivity index (χ4n) is 3.47. The van der Waals surface area contributed by atoms with E-state index in [1.807, 2.05) is 37.6 Å². The Hall–Kier alpha value is -2.45. The van der Waals surface area contributed by atoms with E-state index in [0.29, 0.717) is 0 Å². The van der Waals surface area contributed by atoms with E-state index >= 15 is 0 Å². The number of benzene rings is 3. The molecule has 0 fully saturated rings. The minimum atomic E-state index is 0.160. The lowest BCUT2D eigenvalue weighted by molar-refractivity contribution is 0.660. The first-order chi connectivity index (χ1) is 12.7. The van der Waals surface area contributed by atoms with Crippen LogP contribution in [0.15, 0.2) is 78.3 Å². The Morgan fingerprint density at radius 2 is 1.19 bits per heavy atom. The van der Waals surface area contributed by atoms with Crippen molar-refractivity contribution in [3.8, 4) is 11.1 Å². The molecule has 1 aromatic heterocycles. The second-order valence-electron chi connectivity index (χ2n) is 6.54. The van der Waals surface area contributed by atoms with Gasteiger partial charge in [-0.25, -0.2) is 4.98 Å². The summed E-state index contributed by atoms with van der Waals surface area (Å²) in [4.78, 5) is 4.14. The first-order valence-electron chi connectivity index (χ1n) is 9.15. The van der Waals surface area contributed by atoms with Crippen molar-refractivity contribution in [1.82, 2.24) is 4.98 Å². The summed E-state index contributed by atoms with van der Waals surface area (Å²) in [6.45, 7) is 8.61. The second kappa shape index (κ2) is 7.84. The van der Waals surface area contributed by atoms with E-state index in [1.54, 1.807) is 11.3 Å². The average Bonchev–Trinajstić information content (AvgIpc) is 3.26. The summed E-state index contributed by atoms with van der Waals surface area (Å²) >= 11 is 1.68. The van der Waals surface area contributed by atoms with Gasteiger partial charge in [-0.15, -0.1) is 11.3 Å². The summed E-state index contributed by atoms with van der Waals surface area (Å²) in [5.41, 5.74) is 8.83. The molecule has 4 aromatic rings. The van der Waals surface area contributed by atoms with E-state index in [9.17, 15) is 0 Å². The number of rotatable bonds is 0. The zero-order valence-electron chi connectivity index (χ0n) is 15.9. The fourth-order valence-corrected chi connectivity index (χ4v) is 4.15. The van der Waals surface area contributed by atoms with Gasteiger partial charge in [0, 0.05) is 5.41 Å². The summed E-state index contributed by atoms with van der Waals surface area (Å²) in [7, 11) is 0. The van der Waals surface area contributed by atoms with Gasteiger partial charge in [0.1, 0.15) is 0 Å². The third-order valence-corrected chi connectivity index (χ3v) is 5.54. The molecule has 0 amide bonds. The minimum absolute atomic E-state index is 0.160. The van der Waals surface area contributed by atoms with Gasteiger partial charge in [-0.05, 0) is 34.4 Å². The first-order valence-corrected chi connectivity index (χ1v) is 10.0. The summed E-state index contributed by atoms with van der Waals surface area (Å²) in [6, 6.07) is 25.6. The molecule has 2 heteroatoms. The van der Waals surface area contributed by atoms with Crippen molar-refractivity contribution < 1.29 is 0 Å². The van der Waals surface area contributed by atoms with Crippen molar-refractivity contribution in [3.05, 3.63) is 89.4 Å². The van der Waals surface area contributed by atoms with Crippen LogP contribution in [0.2, 0.25) is 0 Å². The molecule has 0 spiro atoms. The van der Waals surface area contributed by atoms with Crippen LogP contribution in [0.3, 0.4) is 0 Å². The molecular formula is C24H25NS. The van der Waals surface area contributed by atoms with Crippen LogP contribution in [0.5, 0.6) is 0 Å². The lowest BCUT2D eigenvalue weighted by Gasteiger charge is -2.20. The van der Waals surface area contributed by atoms with Crippen LogP contribution in [-0.2, 0) is 5.41 Å². The summed E-state index contributed by atoms with van der Waals surface area (Å²) in [5.74, 6) is 0. The molecule has 0 atom stereocenters. The predicted molar refractivity (Wildman–Crippen MR) is 115 cm³/mol. The van der Waals surface area contributed by atoms with Gasteiger partial charge in [-0.2, -0.15) is 0 Å². The Morgan fingerprint density at radius 3 is 1.77 bits per heavy atom. The zero-order chi connectivity index (χ0) is 18.6. The molecule has 1 aliphatic carbocycles. The minimum Gasteiger partial charge on any atom is -0.245 e. The number of aromatic nitrogens is 1. The number of nitrogens with zero attached hydrogens (tertiary/aromatic N) is 1. The van der Waals surface area contributed by atoms with Crippen LogP contribution >= 0.6 is 11.3 Å². The molecule has 132 valence electrons. The highest BCUT2D eigenvalue weighted by Gasteiger charge is 2.34. The highest BCUT2D eigenvalue weighted by Crippen LogP contribution is 2.47. The van der Waals surface area contributed by atoms with Gasteiger partial charge in [-0.1, -0.05) is 88.4 Å². The van der Waals surface area contributed by atoms with E-state index < -0.39 is 0 Å². The molecule has 0 saturated carbocycles. The number of hydrogen-bond acceptors (Lipinski definition) is 2. The number of hydrogen-bond donors (Lipinski definition) is 0. The number of para-hydroxylation sites is 1. The molecule has 1 aliphatic rings. The van der Waals surface area contributed by atoms with Crippen LogP contribution in [0.25, 0.3) is 21.3 Å². The van der Waals surface area contributed by atoms with Gasteiger partial charge in [0.2, 0.25) is 0 Å². The van der Waals surface area contributed by atoms with Crippen LogP contribution in [-0.4, -0.2) is 4.98 Å². The SMILES string of the molecule is CC.CC1(C)c2ccccc2-c2ccccc21.c1ccc2scnc2c1. The zero-order valence-corrected chi connectivity index (χ0v) is 16.7. The molecule has 0 bridgehead atoms. The van der Waals surface area contributed by atoms with E-state index in [1.165, 1.54) is 27.0 Å². The lowest BCUT2D eigenvalue weighted by atomic mass is 9.82. The quantitative estimate of drug-likeness (QED) is 0.320. The Bertz CT molecular complexity index is 920. The van der Waals surface area contributed by atoms with Crippen molar-refractivity contribution in [2.45, 2.75) is 33.1 Å². The fraction of sp³-hybridized carbons (Fsp3) is 0.208. The molecule has 1 heterocycles. The molecule has 26 heavy (non-hydrogen) atoms. The van der Waals surface area contributed by atoms with Gasteiger partial charge >= 0.3 is 0 Å². The predicted octanol–water partition coefficient (Wildman–Crippen LogP) is 7.32. The van der Waals surface area contributed by atoms with Crippen LogP contribution in [0, 0.1) is 0 Å². The highest BCUT2D eigenvalue weighted by atomic mass is 32.1. The first kappa shape index (κ1) is 18.3. The molecule has 1 nitrogen and oxygen atoms in total. The Morgan fingerprint density at radius 1 is 0.692 bits per heavy atom. The maximum Gasteiger partial charge on any atom is 0.0812 e. The second-order valence-corrected chi connectivity index (χ2v) is 7.42. The summed E-state index contributed by atoms with van der Waals surface area (Å²) in [6.07, 6.45) is 0. The molecule has 0 saturated heterocycles. The molecule has 3 aromatic carbocycles. The lowest BCUT2D eigenvalue weighted by Crippen LogP contribution is -2.14. The number of fused-ring (bicyclic) bond motifs is 4. The van der Waals surface area contributed by atoms with E-state index in [-0.39, 0.29) is 5.41 Å². The maximum absolute atomic E-state index is 4.14. The molecule has 5 rings (SSSR count). The number of thiazole rings is 1. The van der Waals surface area contributed by atoms with Gasteiger partial charge in [0.25, 0.3) is 0 Å². The van der Waals surface area contributed by atoms with Gasteiger partial charge in [0.05, 0.1) is 15.7 Å². The van der Waals surface area contributed by atoms with Crippen molar-refractivity contribution in [3.63, 3.8) is 0 Å². The van der Waals surface area contributed by atoms with Gasteiger partial charge < -0.3 is 0 Å². The Kier molecular flexibility index (Phi) is 5.53. The molecule has 0 unspecified atom stereocenters. The molecule has 0 radical (unpaired) electrons. The maximum atomic E-state index is 4.14. The third kappa shape index (κ3) is 3.30. The standard InChI is InChI=1S/C15H14.C7H5NS.C2H6/c1-15(2)13-9-5-3-7-11(13)12-8-4-6-10-14(12)15;1-2-4-7-6(3-1)8-5-9-7;1-2/h3-10H,1-2H3;1-5H;1-2H3. The normalized spacial score (nSPS) is 12.9. The Balaban J connectivity index is 0.000000152. The molecular weight excluding hydrogens is 334 g/mol. The molecule has 0 N–H and O–H groups in total. The van der Waals surface area contributed by atoms with Crippen molar-refractivity contribution in [2.75, 3.05) is 0 Å². The van der Waals surface area contributed by atoms with E-state index in [2.05, 4.69) is 73.4 Å². The Labute approximate surface area is 160 Å². The van der Waals surface area contributed by atoms with Crippen molar-refractivity contribution in [2.24, 2.45) is 0 Å². The van der Waals surface area contributed by atoms with Crippen LogP contribution < -0.4 is 0 Å². The van der Waals surface area contributed by atoms with Gasteiger partial charge in [-0.3, -0.25) is 0 Å². The van der Waals surface area contributed by atoms with Gasteiger partial charge in [0.15, 0.2) is 0 Å². The summed E-state index contributed by atoms with van der Waals surface area (Å²) < 4.78 is 1.26. The topological polar surface area (TPSA) is 12.9 Å². The van der Waals surface area contributed by atoms with E-state index in [0.717, 1.165) is 5.52 Å². The molecule has 0 aliphatic heterocycles. The average molecular weight is 360 g/mol. The van der Waals surface area contributed by atoms with Crippen molar-refractivity contribution in [1.29, 1.82) is 0 Å². The van der Waals surface area contributed by atoms with E-state index in [4.69, 9.17) is 0 Å². The monoisotopic (exact) mass is 359 g/mol. The van der Waals surface area contributed by atoms with Crippen LogP contribution in [0.4, 0.5) is 0 Å². The third-order valence-electron chi connectivity index (χ3n) is 4.73. The summed E-state index contributed by atoms with van der Waals surface area (Å²) in [5, 5.41) is 0. The van der Waals surface area contributed by atoms with Crippen LogP contribution in [0.1, 0.15) is 38.8 Å². The highest BCUT2D eigenvalue weighted by molar-refractivity contribution is 7.16. The largest absolute Gasteiger partial charge is 0.245 e. The smallest absolute Gasteiger partial charge is 0.0812 e.